The first kappa shape index (κ1) is 11.3. The number of rotatable bonds is 1. The van der Waals surface area contributed by atoms with Gasteiger partial charge in [0.2, 0.25) is 0 Å². The summed E-state index contributed by atoms with van der Waals surface area (Å²) >= 11 is 0. The van der Waals surface area contributed by atoms with Gasteiger partial charge in [-0.25, -0.2) is 4.79 Å². The molecule has 3 aliphatic rings. The number of carboxylic acid groups (broad SMARTS) is 1. The number of allylic oxidation sites excluding steroid dienone is 1. The SMILES string of the molecule is C[C@@H]1CC[C@@H]2C(C(=O)O)=C[C@@H]3CC(C)(C)C[C@]132. The Labute approximate surface area is 103 Å². The first-order valence-electron chi connectivity index (χ1n) is 6.82. The molecular formula is C15H22O2. The van der Waals surface area contributed by atoms with Gasteiger partial charge in [-0.3, -0.25) is 0 Å². The highest BCUT2D eigenvalue weighted by Gasteiger charge is 2.63. The molecule has 0 aromatic heterocycles. The second-order valence-corrected chi connectivity index (χ2v) is 7.22. The number of hydrogen-bond donors (Lipinski definition) is 1. The van der Waals surface area contributed by atoms with E-state index in [2.05, 4.69) is 26.8 Å². The summed E-state index contributed by atoms with van der Waals surface area (Å²) in [6.07, 6.45) is 6.79. The minimum atomic E-state index is -0.671. The first-order valence-corrected chi connectivity index (χ1v) is 6.82. The third-order valence-corrected chi connectivity index (χ3v) is 5.71. The van der Waals surface area contributed by atoms with E-state index in [1.807, 2.05) is 0 Å². The van der Waals surface area contributed by atoms with Crippen LogP contribution in [0.3, 0.4) is 0 Å². The maximum atomic E-state index is 11.4. The van der Waals surface area contributed by atoms with Crippen LogP contribution >= 0.6 is 0 Å². The molecule has 0 aliphatic heterocycles. The maximum Gasteiger partial charge on any atom is 0.331 e. The van der Waals surface area contributed by atoms with Gasteiger partial charge < -0.3 is 5.11 Å². The Morgan fingerprint density at radius 1 is 1.41 bits per heavy atom. The molecule has 3 rings (SSSR count). The van der Waals surface area contributed by atoms with Crippen molar-refractivity contribution >= 4 is 5.97 Å². The molecule has 4 atom stereocenters. The molecule has 3 aliphatic carbocycles. The smallest absolute Gasteiger partial charge is 0.331 e. The highest BCUT2D eigenvalue weighted by atomic mass is 16.4. The predicted molar refractivity (Wildman–Crippen MR) is 66.5 cm³/mol. The van der Waals surface area contributed by atoms with E-state index in [-0.39, 0.29) is 5.41 Å². The van der Waals surface area contributed by atoms with Crippen molar-refractivity contribution in [3.05, 3.63) is 11.6 Å². The molecule has 0 saturated heterocycles. The predicted octanol–water partition coefficient (Wildman–Crippen LogP) is 3.48. The van der Waals surface area contributed by atoms with Crippen LogP contribution in [0.5, 0.6) is 0 Å². The van der Waals surface area contributed by atoms with Gasteiger partial charge in [-0.2, -0.15) is 0 Å². The van der Waals surface area contributed by atoms with Crippen molar-refractivity contribution < 1.29 is 9.90 Å². The summed E-state index contributed by atoms with van der Waals surface area (Å²) in [6, 6.07) is 0. The normalized spacial score (nSPS) is 46.5. The fourth-order valence-corrected chi connectivity index (χ4v) is 5.25. The molecule has 0 radical (unpaired) electrons. The van der Waals surface area contributed by atoms with Crippen molar-refractivity contribution in [2.75, 3.05) is 0 Å². The molecule has 2 saturated carbocycles. The van der Waals surface area contributed by atoms with Gasteiger partial charge in [-0.1, -0.05) is 26.8 Å². The molecule has 0 aromatic rings. The highest BCUT2D eigenvalue weighted by Crippen LogP contribution is 2.70. The zero-order valence-corrected chi connectivity index (χ0v) is 11.0. The van der Waals surface area contributed by atoms with Gasteiger partial charge in [-0.15, -0.1) is 0 Å². The summed E-state index contributed by atoms with van der Waals surface area (Å²) in [5, 5.41) is 9.36. The van der Waals surface area contributed by atoms with Crippen LogP contribution in [-0.4, -0.2) is 11.1 Å². The standard InChI is InChI=1S/C15H22O2/c1-9-4-5-12-11(13(16)17)6-10-7-14(2,3)8-15(9,10)12/h6,9-10,12H,4-5,7-8H2,1-3H3,(H,16,17)/t9-,10-,12-,15+/m1/s1. The average Bonchev–Trinajstić information content (AvgIpc) is 2.73. The van der Waals surface area contributed by atoms with E-state index in [4.69, 9.17) is 0 Å². The molecule has 0 unspecified atom stereocenters. The zero-order valence-electron chi connectivity index (χ0n) is 11.0. The van der Waals surface area contributed by atoms with Crippen LogP contribution in [0.2, 0.25) is 0 Å². The van der Waals surface area contributed by atoms with Gasteiger partial charge in [0.1, 0.15) is 0 Å². The number of carbonyl (C=O) groups is 1. The maximum absolute atomic E-state index is 11.4. The zero-order chi connectivity index (χ0) is 12.4. The second kappa shape index (κ2) is 3.15. The van der Waals surface area contributed by atoms with E-state index in [1.165, 1.54) is 19.3 Å². The van der Waals surface area contributed by atoms with E-state index in [1.54, 1.807) is 0 Å². The van der Waals surface area contributed by atoms with Crippen molar-refractivity contribution in [3.8, 4) is 0 Å². The monoisotopic (exact) mass is 234 g/mol. The largest absolute Gasteiger partial charge is 0.478 e. The molecule has 17 heavy (non-hydrogen) atoms. The Kier molecular flexibility index (Phi) is 2.10. The second-order valence-electron chi connectivity index (χ2n) is 7.22. The molecule has 1 N–H and O–H groups in total. The molecule has 2 heteroatoms. The fraction of sp³-hybridized carbons (Fsp3) is 0.800. The summed E-state index contributed by atoms with van der Waals surface area (Å²) < 4.78 is 0. The van der Waals surface area contributed by atoms with E-state index in [0.717, 1.165) is 12.0 Å². The number of carboxylic acids is 1. The third kappa shape index (κ3) is 1.30. The van der Waals surface area contributed by atoms with Gasteiger partial charge in [0, 0.05) is 5.57 Å². The Hall–Kier alpha value is -0.790. The van der Waals surface area contributed by atoms with Crippen molar-refractivity contribution in [1.82, 2.24) is 0 Å². The van der Waals surface area contributed by atoms with Crippen molar-refractivity contribution in [2.24, 2.45) is 28.6 Å². The van der Waals surface area contributed by atoms with Crippen LogP contribution in [0, 0.1) is 28.6 Å². The van der Waals surface area contributed by atoms with Gasteiger partial charge in [0.15, 0.2) is 0 Å². The molecule has 2 fully saturated rings. The molecule has 0 bridgehead atoms. The number of aliphatic carboxylic acids is 1. The van der Waals surface area contributed by atoms with Crippen LogP contribution < -0.4 is 0 Å². The summed E-state index contributed by atoms with van der Waals surface area (Å²) in [7, 11) is 0. The minimum Gasteiger partial charge on any atom is -0.478 e. The van der Waals surface area contributed by atoms with Crippen LogP contribution in [0.25, 0.3) is 0 Å². The molecular weight excluding hydrogens is 212 g/mol. The van der Waals surface area contributed by atoms with Crippen LogP contribution in [0.4, 0.5) is 0 Å². The lowest BCUT2D eigenvalue weighted by atomic mass is 9.67. The lowest BCUT2D eigenvalue weighted by Gasteiger charge is -2.36. The van der Waals surface area contributed by atoms with Gasteiger partial charge >= 0.3 is 5.97 Å². The molecule has 94 valence electrons. The topological polar surface area (TPSA) is 37.3 Å². The lowest BCUT2D eigenvalue weighted by Crippen LogP contribution is -2.32. The third-order valence-electron chi connectivity index (χ3n) is 5.71. The Morgan fingerprint density at radius 3 is 2.76 bits per heavy atom. The van der Waals surface area contributed by atoms with Gasteiger partial charge in [0.05, 0.1) is 0 Å². The van der Waals surface area contributed by atoms with Crippen LogP contribution in [-0.2, 0) is 4.79 Å². The molecule has 1 spiro atoms. The fourth-order valence-electron chi connectivity index (χ4n) is 5.25. The Balaban J connectivity index is 2.06. The molecule has 0 amide bonds. The summed E-state index contributed by atoms with van der Waals surface area (Å²) in [4.78, 5) is 11.4. The average molecular weight is 234 g/mol. The minimum absolute atomic E-state index is 0.289. The Morgan fingerprint density at radius 2 is 2.12 bits per heavy atom. The van der Waals surface area contributed by atoms with E-state index < -0.39 is 5.97 Å². The summed E-state index contributed by atoms with van der Waals surface area (Å²) in [5.41, 5.74) is 1.41. The quantitative estimate of drug-likeness (QED) is 0.754. The molecule has 0 aromatic carbocycles. The summed E-state index contributed by atoms with van der Waals surface area (Å²) in [6.45, 7) is 7.03. The van der Waals surface area contributed by atoms with Gasteiger partial charge in [0.25, 0.3) is 0 Å². The molecule has 0 heterocycles. The van der Waals surface area contributed by atoms with E-state index in [9.17, 15) is 9.90 Å². The van der Waals surface area contributed by atoms with Crippen molar-refractivity contribution in [2.45, 2.75) is 46.5 Å². The highest BCUT2D eigenvalue weighted by molar-refractivity contribution is 5.88. The van der Waals surface area contributed by atoms with Crippen molar-refractivity contribution in [1.29, 1.82) is 0 Å². The van der Waals surface area contributed by atoms with Gasteiger partial charge in [-0.05, 0) is 54.3 Å². The summed E-state index contributed by atoms with van der Waals surface area (Å²) in [5.74, 6) is 0.871. The van der Waals surface area contributed by atoms with E-state index in [0.29, 0.717) is 23.2 Å². The van der Waals surface area contributed by atoms with Crippen LogP contribution in [0.1, 0.15) is 46.5 Å². The lowest BCUT2D eigenvalue weighted by molar-refractivity contribution is -0.133. The molecule has 2 nitrogen and oxygen atoms in total. The van der Waals surface area contributed by atoms with Crippen LogP contribution in [0.15, 0.2) is 11.6 Å². The number of hydrogen-bond acceptors (Lipinski definition) is 1. The first-order chi connectivity index (χ1) is 7.87. The van der Waals surface area contributed by atoms with Crippen molar-refractivity contribution in [3.63, 3.8) is 0 Å². The Bertz CT molecular complexity index is 407. The van der Waals surface area contributed by atoms with E-state index >= 15 is 0 Å².